The van der Waals surface area contributed by atoms with E-state index in [9.17, 15) is 9.59 Å². The molecule has 8 heteroatoms. The van der Waals surface area contributed by atoms with E-state index in [2.05, 4.69) is 5.32 Å². The summed E-state index contributed by atoms with van der Waals surface area (Å²) in [6.45, 7) is 6.21. The number of ether oxygens (including phenoxy) is 2. The van der Waals surface area contributed by atoms with Gasteiger partial charge in [0, 0.05) is 7.05 Å². The van der Waals surface area contributed by atoms with Crippen molar-refractivity contribution in [3.05, 3.63) is 28.3 Å². The molecule has 0 aliphatic carbocycles. The third-order valence-electron chi connectivity index (χ3n) is 3.84. The van der Waals surface area contributed by atoms with Gasteiger partial charge < -0.3 is 9.47 Å². The van der Waals surface area contributed by atoms with Gasteiger partial charge in [-0.15, -0.1) is 0 Å². The smallest absolute Gasteiger partial charge is 0.265 e. The highest BCUT2D eigenvalue weighted by atomic mass is 35.5. The van der Waals surface area contributed by atoms with Gasteiger partial charge in [0.25, 0.3) is 11.8 Å². The Hall–Kier alpha value is -2.12. The van der Waals surface area contributed by atoms with E-state index in [1.807, 2.05) is 20.8 Å². The number of halogens is 1. The molecule has 6 nitrogen and oxygen atoms in total. The second-order valence-electron chi connectivity index (χ2n) is 5.78. The lowest BCUT2D eigenvalue weighted by Crippen LogP contribution is -2.52. The summed E-state index contributed by atoms with van der Waals surface area (Å²) in [5, 5.41) is 2.88. The molecule has 1 heterocycles. The van der Waals surface area contributed by atoms with Crippen molar-refractivity contribution in [1.29, 1.82) is 0 Å². The van der Waals surface area contributed by atoms with E-state index < -0.39 is 11.8 Å². The number of rotatable bonds is 6. The SMILES string of the molecule is CCOc1cc(/C=C2\C(=O)NC(=S)N(C)C2=O)cc(Cl)c1O[C@H](C)CC. The molecule has 2 amide bonds. The fraction of sp³-hybridized carbons (Fsp3) is 0.389. The molecule has 1 aliphatic heterocycles. The highest BCUT2D eigenvalue weighted by molar-refractivity contribution is 7.80. The summed E-state index contributed by atoms with van der Waals surface area (Å²) in [6, 6.07) is 3.32. The van der Waals surface area contributed by atoms with Crippen molar-refractivity contribution >= 4 is 46.8 Å². The molecule has 1 fully saturated rings. The van der Waals surface area contributed by atoms with Gasteiger partial charge in [-0.2, -0.15) is 0 Å². The molecule has 140 valence electrons. The van der Waals surface area contributed by atoms with Crippen LogP contribution in [0.15, 0.2) is 17.7 Å². The molecule has 1 aromatic rings. The molecular formula is C18H21ClN2O4S. The number of hydrogen-bond acceptors (Lipinski definition) is 5. The number of nitrogens with zero attached hydrogens (tertiary/aromatic N) is 1. The highest BCUT2D eigenvalue weighted by Crippen LogP contribution is 2.38. The number of amides is 2. The first-order valence-corrected chi connectivity index (χ1v) is 9.05. The second kappa shape index (κ2) is 8.51. The summed E-state index contributed by atoms with van der Waals surface area (Å²) < 4.78 is 11.5. The average molecular weight is 397 g/mol. The summed E-state index contributed by atoms with van der Waals surface area (Å²) in [6.07, 6.45) is 2.24. The zero-order valence-electron chi connectivity index (χ0n) is 15.1. The topological polar surface area (TPSA) is 67.9 Å². The highest BCUT2D eigenvalue weighted by Gasteiger charge is 2.30. The fourth-order valence-electron chi connectivity index (χ4n) is 2.25. The molecule has 0 unspecified atom stereocenters. The van der Waals surface area contributed by atoms with Crippen LogP contribution in [0, 0.1) is 0 Å². The van der Waals surface area contributed by atoms with Crippen LogP contribution >= 0.6 is 23.8 Å². The Balaban J connectivity index is 2.45. The molecular weight excluding hydrogens is 376 g/mol. The number of carbonyl (C=O) groups excluding carboxylic acids is 2. The van der Waals surface area contributed by atoms with Gasteiger partial charge in [0.05, 0.1) is 17.7 Å². The van der Waals surface area contributed by atoms with Crippen LogP contribution in [0.3, 0.4) is 0 Å². The molecule has 1 saturated heterocycles. The van der Waals surface area contributed by atoms with Gasteiger partial charge in [0.2, 0.25) is 0 Å². The Morgan fingerprint density at radius 3 is 2.65 bits per heavy atom. The maximum absolute atomic E-state index is 12.3. The largest absolute Gasteiger partial charge is 0.490 e. The monoisotopic (exact) mass is 396 g/mol. The summed E-state index contributed by atoms with van der Waals surface area (Å²) in [5.74, 6) is -0.123. The minimum atomic E-state index is -0.549. The average Bonchev–Trinajstić information content (AvgIpc) is 2.59. The number of benzene rings is 1. The molecule has 1 aliphatic rings. The van der Waals surface area contributed by atoms with Gasteiger partial charge in [0.1, 0.15) is 5.57 Å². The van der Waals surface area contributed by atoms with Gasteiger partial charge in [-0.1, -0.05) is 18.5 Å². The molecule has 0 spiro atoms. The predicted molar refractivity (Wildman–Crippen MR) is 104 cm³/mol. The number of hydrogen-bond donors (Lipinski definition) is 1. The molecule has 1 atom stereocenters. The van der Waals surface area contributed by atoms with Crippen LogP contribution < -0.4 is 14.8 Å². The lowest BCUT2D eigenvalue weighted by atomic mass is 10.1. The van der Waals surface area contributed by atoms with Gasteiger partial charge in [-0.25, -0.2) is 0 Å². The molecule has 1 aromatic carbocycles. The van der Waals surface area contributed by atoms with Crippen LogP contribution in [0.1, 0.15) is 32.8 Å². The standard InChI is InChI=1S/C18H21ClN2O4S/c1-5-10(3)25-15-13(19)8-11(9-14(15)24-6-2)7-12-16(22)20-18(26)21(4)17(12)23/h7-10H,5-6H2,1-4H3,(H,20,22,26)/b12-7+/t10-/m1/s1. The molecule has 0 radical (unpaired) electrons. The third-order valence-corrected chi connectivity index (χ3v) is 4.50. The van der Waals surface area contributed by atoms with Crippen LogP contribution in [-0.2, 0) is 9.59 Å². The van der Waals surface area contributed by atoms with Crippen molar-refractivity contribution in [2.24, 2.45) is 0 Å². The lowest BCUT2D eigenvalue weighted by molar-refractivity contribution is -0.128. The summed E-state index contributed by atoms with van der Waals surface area (Å²) in [7, 11) is 1.50. The van der Waals surface area contributed by atoms with E-state index in [4.69, 9.17) is 33.3 Å². The molecule has 2 rings (SSSR count). The molecule has 0 bridgehead atoms. The van der Waals surface area contributed by atoms with Gasteiger partial charge in [-0.05, 0) is 56.3 Å². The lowest BCUT2D eigenvalue weighted by Gasteiger charge is -2.25. The van der Waals surface area contributed by atoms with Crippen LogP contribution in [0.5, 0.6) is 11.5 Å². The van der Waals surface area contributed by atoms with Crippen molar-refractivity contribution in [3.63, 3.8) is 0 Å². The van der Waals surface area contributed by atoms with Crippen molar-refractivity contribution in [3.8, 4) is 11.5 Å². The van der Waals surface area contributed by atoms with Crippen molar-refractivity contribution < 1.29 is 19.1 Å². The first kappa shape index (κ1) is 20.2. The van der Waals surface area contributed by atoms with Crippen LogP contribution in [0.2, 0.25) is 5.02 Å². The third kappa shape index (κ3) is 4.34. The maximum Gasteiger partial charge on any atom is 0.265 e. The minimum Gasteiger partial charge on any atom is -0.490 e. The predicted octanol–water partition coefficient (Wildman–Crippen LogP) is 3.17. The van der Waals surface area contributed by atoms with E-state index >= 15 is 0 Å². The maximum atomic E-state index is 12.3. The fourth-order valence-corrected chi connectivity index (χ4v) is 2.68. The zero-order valence-corrected chi connectivity index (χ0v) is 16.7. The van der Waals surface area contributed by atoms with E-state index in [1.54, 1.807) is 12.1 Å². The molecule has 0 aromatic heterocycles. The second-order valence-corrected chi connectivity index (χ2v) is 6.58. The van der Waals surface area contributed by atoms with E-state index in [0.29, 0.717) is 28.7 Å². The Labute approximate surface area is 163 Å². The number of nitrogens with one attached hydrogen (secondary N) is 1. The van der Waals surface area contributed by atoms with E-state index in [0.717, 1.165) is 6.42 Å². The van der Waals surface area contributed by atoms with Crippen LogP contribution in [0.4, 0.5) is 0 Å². The number of carbonyl (C=O) groups is 2. The Morgan fingerprint density at radius 1 is 1.35 bits per heavy atom. The summed E-state index contributed by atoms with van der Waals surface area (Å²) in [5.41, 5.74) is 0.518. The summed E-state index contributed by atoms with van der Waals surface area (Å²) in [4.78, 5) is 25.6. The quantitative estimate of drug-likeness (QED) is 0.454. The Kier molecular flexibility index (Phi) is 6.61. The van der Waals surface area contributed by atoms with E-state index in [-0.39, 0.29) is 16.8 Å². The van der Waals surface area contributed by atoms with Crippen LogP contribution in [-0.4, -0.2) is 41.6 Å². The zero-order chi connectivity index (χ0) is 19.4. The molecule has 1 N–H and O–H groups in total. The first-order valence-electron chi connectivity index (χ1n) is 8.26. The molecule has 26 heavy (non-hydrogen) atoms. The Bertz CT molecular complexity index is 779. The summed E-state index contributed by atoms with van der Waals surface area (Å²) >= 11 is 11.3. The molecule has 0 saturated carbocycles. The Morgan fingerprint density at radius 2 is 2.04 bits per heavy atom. The number of thiocarbonyl (C=S) groups is 1. The van der Waals surface area contributed by atoms with E-state index in [1.165, 1.54) is 18.0 Å². The van der Waals surface area contributed by atoms with Gasteiger partial charge in [0.15, 0.2) is 16.6 Å². The minimum absolute atomic E-state index is 0.0312. The van der Waals surface area contributed by atoms with Crippen molar-refractivity contribution in [2.45, 2.75) is 33.3 Å². The first-order chi connectivity index (χ1) is 12.3. The van der Waals surface area contributed by atoms with Crippen molar-refractivity contribution in [1.82, 2.24) is 10.2 Å². The normalized spacial score (nSPS) is 17.3. The van der Waals surface area contributed by atoms with Gasteiger partial charge >= 0.3 is 0 Å². The van der Waals surface area contributed by atoms with Crippen LogP contribution in [0.25, 0.3) is 6.08 Å². The van der Waals surface area contributed by atoms with Crippen molar-refractivity contribution in [2.75, 3.05) is 13.7 Å². The number of likely N-dealkylation sites (N-methyl/N-ethyl adjacent to an activating group) is 1. The van der Waals surface area contributed by atoms with Gasteiger partial charge in [-0.3, -0.25) is 19.8 Å².